The van der Waals surface area contributed by atoms with Crippen LogP contribution in [0.4, 0.5) is 13.2 Å². The van der Waals surface area contributed by atoms with Crippen molar-refractivity contribution in [3.8, 4) is 5.75 Å². The first-order valence-corrected chi connectivity index (χ1v) is 11.4. The Morgan fingerprint density at radius 3 is 2.35 bits per heavy atom. The van der Waals surface area contributed by atoms with Crippen molar-refractivity contribution in [3.05, 3.63) is 65.7 Å². The number of halogens is 3. The molecule has 4 rings (SSSR count). The highest BCUT2D eigenvalue weighted by Gasteiger charge is 2.68. The van der Waals surface area contributed by atoms with Gasteiger partial charge in [-0.25, -0.2) is 0 Å². The number of aliphatic hydroxyl groups is 1. The SMILES string of the molecule is C[C@@H]1CCC2=NN(C(=O)COc3ccc(C(C)(C)c4ccccc4)cc3)[C@@](O)(C(F)(F)F)[C@H]2C1. The van der Waals surface area contributed by atoms with Gasteiger partial charge in [-0.05, 0) is 48.4 Å². The van der Waals surface area contributed by atoms with E-state index in [-0.39, 0.29) is 28.5 Å². The lowest BCUT2D eigenvalue weighted by atomic mass is 9.76. The number of alkyl halides is 3. The molecule has 2 aliphatic rings. The van der Waals surface area contributed by atoms with Gasteiger partial charge in [0, 0.05) is 11.1 Å². The predicted octanol–water partition coefficient (Wildman–Crippen LogP) is 5.28. The summed E-state index contributed by atoms with van der Waals surface area (Å²) < 4.78 is 47.4. The van der Waals surface area contributed by atoms with E-state index in [1.54, 1.807) is 12.1 Å². The summed E-state index contributed by atoms with van der Waals surface area (Å²) in [5, 5.41) is 14.8. The third-order valence-corrected chi connectivity index (χ3v) is 7.06. The topological polar surface area (TPSA) is 62.1 Å². The van der Waals surface area contributed by atoms with Crippen LogP contribution in [0.5, 0.6) is 5.75 Å². The molecule has 8 heteroatoms. The number of fused-ring (bicyclic) bond motifs is 1. The van der Waals surface area contributed by atoms with Crippen LogP contribution >= 0.6 is 0 Å². The average molecular weight is 475 g/mol. The fraction of sp³-hybridized carbons (Fsp3) is 0.462. The zero-order valence-electron chi connectivity index (χ0n) is 19.5. The van der Waals surface area contributed by atoms with Crippen LogP contribution in [0, 0.1) is 11.8 Å². The Morgan fingerprint density at radius 1 is 1.12 bits per heavy atom. The third kappa shape index (κ3) is 4.19. The van der Waals surface area contributed by atoms with Crippen LogP contribution in [0.25, 0.3) is 0 Å². The van der Waals surface area contributed by atoms with E-state index in [0.717, 1.165) is 11.1 Å². The zero-order valence-corrected chi connectivity index (χ0v) is 19.5. The van der Waals surface area contributed by atoms with Gasteiger partial charge in [-0.15, -0.1) is 0 Å². The number of benzene rings is 2. The second kappa shape index (κ2) is 8.73. The molecule has 0 saturated heterocycles. The van der Waals surface area contributed by atoms with E-state index in [1.165, 1.54) is 0 Å². The quantitative estimate of drug-likeness (QED) is 0.642. The summed E-state index contributed by atoms with van der Waals surface area (Å²) in [5.74, 6) is -1.94. The van der Waals surface area contributed by atoms with Crippen LogP contribution in [0.1, 0.15) is 51.2 Å². The monoisotopic (exact) mass is 474 g/mol. The second-order valence-electron chi connectivity index (χ2n) is 9.76. The minimum Gasteiger partial charge on any atom is -0.484 e. The van der Waals surface area contributed by atoms with E-state index in [4.69, 9.17) is 4.74 Å². The van der Waals surface area contributed by atoms with E-state index in [0.29, 0.717) is 18.6 Å². The second-order valence-corrected chi connectivity index (χ2v) is 9.76. The van der Waals surface area contributed by atoms with Gasteiger partial charge in [0.2, 0.25) is 0 Å². The lowest BCUT2D eigenvalue weighted by Crippen LogP contribution is -2.62. The summed E-state index contributed by atoms with van der Waals surface area (Å²) in [6.07, 6.45) is -3.92. The Kier molecular flexibility index (Phi) is 6.23. The number of amides is 1. The highest BCUT2D eigenvalue weighted by Crippen LogP contribution is 2.49. The maximum absolute atomic E-state index is 14.0. The zero-order chi connectivity index (χ0) is 24.7. The minimum atomic E-state index is -5.04. The number of hydrogen-bond donors (Lipinski definition) is 1. The first kappa shape index (κ1) is 24.3. The molecule has 1 aliphatic carbocycles. The molecule has 1 N–H and O–H groups in total. The average Bonchev–Trinajstić information content (AvgIpc) is 3.11. The molecule has 1 amide bonds. The standard InChI is InChI=1S/C26H29F3N2O3/c1-17-9-14-22-21(15-17)25(33,26(27,28)29)31(30-22)23(32)16-34-20-12-10-19(11-13-20)24(2,3)18-7-5-4-6-8-18/h4-8,10-13,17,21,33H,9,14-16H2,1-3H3/t17-,21+,25+/m1/s1. The van der Waals surface area contributed by atoms with Crippen molar-refractivity contribution in [2.24, 2.45) is 16.9 Å². The molecule has 3 atom stereocenters. The molecule has 0 radical (unpaired) electrons. The molecule has 0 spiro atoms. The van der Waals surface area contributed by atoms with Gasteiger partial charge in [-0.2, -0.15) is 23.3 Å². The van der Waals surface area contributed by atoms with Crippen molar-refractivity contribution in [2.75, 3.05) is 6.61 Å². The first-order valence-electron chi connectivity index (χ1n) is 11.4. The maximum Gasteiger partial charge on any atom is 0.439 e. The highest BCUT2D eigenvalue weighted by molar-refractivity contribution is 5.93. The number of hydrogen-bond acceptors (Lipinski definition) is 4. The Balaban J connectivity index is 1.47. The molecule has 1 saturated carbocycles. The summed E-state index contributed by atoms with van der Waals surface area (Å²) in [6, 6.07) is 17.1. The van der Waals surface area contributed by atoms with Crippen molar-refractivity contribution in [3.63, 3.8) is 0 Å². The van der Waals surface area contributed by atoms with Crippen LogP contribution in [0.3, 0.4) is 0 Å². The summed E-state index contributed by atoms with van der Waals surface area (Å²) in [7, 11) is 0. The van der Waals surface area contributed by atoms with Gasteiger partial charge in [0.25, 0.3) is 11.6 Å². The smallest absolute Gasteiger partial charge is 0.439 e. The molecular formula is C26H29F3N2O3. The number of hydrazone groups is 1. The highest BCUT2D eigenvalue weighted by atomic mass is 19.4. The van der Waals surface area contributed by atoms with Crippen LogP contribution in [0.15, 0.2) is 59.7 Å². The number of carbonyl (C=O) groups is 1. The predicted molar refractivity (Wildman–Crippen MR) is 122 cm³/mol. The van der Waals surface area contributed by atoms with E-state index in [1.807, 2.05) is 49.4 Å². The van der Waals surface area contributed by atoms with E-state index in [2.05, 4.69) is 18.9 Å². The van der Waals surface area contributed by atoms with Gasteiger partial charge in [-0.1, -0.05) is 63.2 Å². The van der Waals surface area contributed by atoms with Crippen molar-refractivity contribution in [1.82, 2.24) is 5.01 Å². The molecule has 1 aliphatic heterocycles. The summed E-state index contributed by atoms with van der Waals surface area (Å²) in [5.41, 5.74) is -1.24. The number of rotatable bonds is 5. The molecule has 5 nitrogen and oxygen atoms in total. The molecule has 0 aromatic heterocycles. The molecule has 2 aromatic rings. The summed E-state index contributed by atoms with van der Waals surface area (Å²) in [6.45, 7) is 5.35. The number of ether oxygens (including phenoxy) is 1. The van der Waals surface area contributed by atoms with Crippen molar-refractivity contribution < 1.29 is 27.8 Å². The fourth-order valence-corrected chi connectivity index (χ4v) is 4.85. The number of carbonyl (C=O) groups excluding carboxylic acids is 1. The molecule has 0 bridgehead atoms. The van der Waals surface area contributed by atoms with Gasteiger partial charge in [-0.3, -0.25) is 4.79 Å². The van der Waals surface area contributed by atoms with E-state index < -0.39 is 30.3 Å². The summed E-state index contributed by atoms with van der Waals surface area (Å²) in [4.78, 5) is 12.8. The van der Waals surface area contributed by atoms with Gasteiger partial charge in [0.05, 0.1) is 5.92 Å². The van der Waals surface area contributed by atoms with E-state index in [9.17, 15) is 23.1 Å². The lowest BCUT2D eigenvalue weighted by molar-refractivity contribution is -0.318. The molecule has 0 unspecified atom stereocenters. The molecule has 34 heavy (non-hydrogen) atoms. The summed E-state index contributed by atoms with van der Waals surface area (Å²) >= 11 is 0. The minimum absolute atomic E-state index is 0.00257. The molecule has 182 valence electrons. The molecular weight excluding hydrogens is 445 g/mol. The van der Waals surface area contributed by atoms with Crippen molar-refractivity contribution in [2.45, 2.75) is 57.3 Å². The Morgan fingerprint density at radius 2 is 1.74 bits per heavy atom. The van der Waals surface area contributed by atoms with Gasteiger partial charge in [0.15, 0.2) is 6.61 Å². The van der Waals surface area contributed by atoms with Crippen LogP contribution in [-0.4, -0.2) is 40.2 Å². The third-order valence-electron chi connectivity index (χ3n) is 7.06. The van der Waals surface area contributed by atoms with Gasteiger partial charge < -0.3 is 9.84 Å². The van der Waals surface area contributed by atoms with Crippen molar-refractivity contribution in [1.29, 1.82) is 0 Å². The van der Waals surface area contributed by atoms with Gasteiger partial charge in [0.1, 0.15) is 5.75 Å². The Labute approximate surface area is 197 Å². The fourth-order valence-electron chi connectivity index (χ4n) is 4.85. The van der Waals surface area contributed by atoms with E-state index >= 15 is 0 Å². The normalized spacial score (nSPS) is 25.0. The molecule has 2 aromatic carbocycles. The lowest BCUT2D eigenvalue weighted by Gasteiger charge is -2.39. The Bertz CT molecular complexity index is 1070. The van der Waals surface area contributed by atoms with Crippen LogP contribution < -0.4 is 4.74 Å². The molecule has 1 fully saturated rings. The molecule has 1 heterocycles. The Hall–Kier alpha value is -2.87. The first-order chi connectivity index (χ1) is 15.9. The van der Waals surface area contributed by atoms with Crippen molar-refractivity contribution >= 4 is 11.6 Å². The van der Waals surface area contributed by atoms with Gasteiger partial charge >= 0.3 is 6.18 Å². The largest absolute Gasteiger partial charge is 0.484 e. The number of nitrogens with zero attached hydrogens (tertiary/aromatic N) is 2. The van der Waals surface area contributed by atoms with Crippen LogP contribution in [0.2, 0.25) is 0 Å². The van der Waals surface area contributed by atoms with Crippen LogP contribution in [-0.2, 0) is 10.2 Å². The maximum atomic E-state index is 14.0.